The summed E-state index contributed by atoms with van der Waals surface area (Å²) >= 11 is 1.65. The molecule has 7 atom stereocenters. The zero-order valence-electron chi connectivity index (χ0n) is 22.0. The first-order valence-corrected chi connectivity index (χ1v) is 14.6. The van der Waals surface area contributed by atoms with Crippen molar-refractivity contribution in [3.8, 4) is 0 Å². The largest absolute Gasteiger partial charge is 0.394 e. The van der Waals surface area contributed by atoms with Gasteiger partial charge in [-0.3, -0.25) is 14.4 Å². The fraction of sp³-hybridized carbons (Fsp3) is 0.500. The smallest absolute Gasteiger partial charge is 0.244 e. The van der Waals surface area contributed by atoms with Gasteiger partial charge in [0.15, 0.2) is 0 Å². The van der Waals surface area contributed by atoms with E-state index in [1.807, 2.05) is 67.6 Å². The van der Waals surface area contributed by atoms with E-state index in [0.717, 1.165) is 24.8 Å². The lowest BCUT2D eigenvalue weighted by Gasteiger charge is -2.37. The number of carbonyl (C=O) groups is 3. The number of thioether (sulfide) groups is 1. The van der Waals surface area contributed by atoms with Crippen molar-refractivity contribution < 1.29 is 19.5 Å². The number of hydrogen-bond acceptors (Lipinski definition) is 5. The third kappa shape index (κ3) is 4.73. The maximum absolute atomic E-state index is 14.3. The number of benzene rings is 2. The van der Waals surface area contributed by atoms with Gasteiger partial charge in [0.05, 0.1) is 29.2 Å². The Hall–Kier alpha value is -2.84. The van der Waals surface area contributed by atoms with Gasteiger partial charge in [-0.25, -0.2) is 0 Å². The fourth-order valence-corrected chi connectivity index (χ4v) is 9.00. The molecule has 3 saturated heterocycles. The van der Waals surface area contributed by atoms with Crippen LogP contribution in [0.15, 0.2) is 60.7 Å². The van der Waals surface area contributed by atoms with Crippen LogP contribution in [0.25, 0.3) is 0 Å². The maximum Gasteiger partial charge on any atom is 0.244 e. The van der Waals surface area contributed by atoms with Crippen LogP contribution in [0.2, 0.25) is 0 Å². The minimum Gasteiger partial charge on any atom is -0.394 e. The normalized spacial score (nSPS) is 29.1. The Labute approximate surface area is 228 Å². The maximum atomic E-state index is 14.3. The number of amides is 3. The highest BCUT2D eigenvalue weighted by molar-refractivity contribution is 8.02. The fourth-order valence-electron chi connectivity index (χ4n) is 6.80. The van der Waals surface area contributed by atoms with E-state index in [1.54, 1.807) is 16.7 Å². The van der Waals surface area contributed by atoms with E-state index in [0.29, 0.717) is 18.5 Å². The van der Waals surface area contributed by atoms with Crippen molar-refractivity contribution in [3.05, 3.63) is 66.2 Å². The molecule has 8 heteroatoms. The van der Waals surface area contributed by atoms with Gasteiger partial charge in [0.2, 0.25) is 17.7 Å². The van der Waals surface area contributed by atoms with Gasteiger partial charge in [0.1, 0.15) is 6.04 Å². The van der Waals surface area contributed by atoms with Crippen LogP contribution in [0, 0.1) is 11.8 Å². The Morgan fingerprint density at radius 2 is 1.79 bits per heavy atom. The summed E-state index contributed by atoms with van der Waals surface area (Å²) in [6.07, 6.45) is 3.71. The molecule has 3 aliphatic heterocycles. The number of para-hydroxylation sites is 1. The molecule has 0 aromatic heterocycles. The topological polar surface area (TPSA) is 98.7 Å². The number of aliphatic hydroxyl groups is 1. The third-order valence-corrected chi connectivity index (χ3v) is 10.3. The number of carbonyl (C=O) groups excluding carboxylic acids is 3. The van der Waals surface area contributed by atoms with Crippen LogP contribution in [0.5, 0.6) is 0 Å². The molecule has 38 heavy (non-hydrogen) atoms. The van der Waals surface area contributed by atoms with Gasteiger partial charge in [0, 0.05) is 17.0 Å². The zero-order valence-corrected chi connectivity index (χ0v) is 22.8. The van der Waals surface area contributed by atoms with Crippen molar-refractivity contribution in [1.82, 2.24) is 10.2 Å². The first-order chi connectivity index (χ1) is 18.4. The van der Waals surface area contributed by atoms with Crippen LogP contribution in [-0.2, 0) is 20.8 Å². The van der Waals surface area contributed by atoms with Crippen LogP contribution in [0.4, 0.5) is 5.69 Å². The van der Waals surface area contributed by atoms with Crippen molar-refractivity contribution in [2.75, 3.05) is 11.9 Å². The molecular formula is C30H37N3O4S. The number of nitrogens with zero attached hydrogens (tertiary/aromatic N) is 1. The number of nitrogens with one attached hydrogen (secondary N) is 2. The summed E-state index contributed by atoms with van der Waals surface area (Å²) in [6.45, 7) is 3.81. The second-order valence-corrected chi connectivity index (χ2v) is 12.5. The van der Waals surface area contributed by atoms with Gasteiger partial charge in [-0.1, -0.05) is 61.9 Å². The number of likely N-dealkylation sites (tertiary alicyclic amines) is 1. The Kier molecular flexibility index (Phi) is 7.82. The second-order valence-electron chi connectivity index (χ2n) is 10.9. The minimum atomic E-state index is -0.732. The minimum absolute atomic E-state index is 0.0140. The van der Waals surface area contributed by atoms with Crippen LogP contribution in [-0.4, -0.2) is 62.5 Å². The van der Waals surface area contributed by atoms with E-state index < -0.39 is 28.7 Å². The SMILES string of the molecule is CCCC(C)NC(=O)C1N([C@@H](CO)Cc2ccccc2)C(=O)[C@@H]2[C@H](C(=O)Nc3ccccc3)[C@@H]3CCC12S3. The van der Waals surface area contributed by atoms with Gasteiger partial charge >= 0.3 is 0 Å². The van der Waals surface area contributed by atoms with Crippen molar-refractivity contribution in [2.24, 2.45) is 11.8 Å². The van der Waals surface area contributed by atoms with E-state index in [9.17, 15) is 19.5 Å². The van der Waals surface area contributed by atoms with E-state index in [1.165, 1.54) is 0 Å². The number of fused-ring (bicyclic) bond motifs is 1. The standard InChI is InChI=1S/C30H37N3O4S/c1-3-10-19(2)31-28(36)26-30-16-15-23(38-30)24(27(35)32-21-13-8-5-9-14-21)25(30)29(37)33(26)22(18-34)17-20-11-6-4-7-12-20/h4-9,11-14,19,22-26,34H,3,10,15-18H2,1-2H3,(H,31,36)(H,32,35)/t19?,22-,23+,24-,25+,26?,30?/m1/s1. The van der Waals surface area contributed by atoms with Gasteiger partial charge in [0.25, 0.3) is 0 Å². The first-order valence-electron chi connectivity index (χ1n) is 13.7. The second kappa shape index (κ2) is 11.1. The lowest BCUT2D eigenvalue weighted by atomic mass is 9.70. The Bertz CT molecular complexity index is 1160. The van der Waals surface area contributed by atoms with Gasteiger partial charge in [-0.2, -0.15) is 0 Å². The lowest BCUT2D eigenvalue weighted by molar-refractivity contribution is -0.142. The third-order valence-electron chi connectivity index (χ3n) is 8.36. The van der Waals surface area contributed by atoms with Crippen molar-refractivity contribution >= 4 is 35.2 Å². The number of hydrogen-bond donors (Lipinski definition) is 3. The molecule has 7 nitrogen and oxygen atoms in total. The van der Waals surface area contributed by atoms with Crippen molar-refractivity contribution in [2.45, 2.75) is 74.1 Å². The molecule has 3 unspecified atom stereocenters. The highest BCUT2D eigenvalue weighted by Gasteiger charge is 2.74. The molecule has 3 N–H and O–H groups in total. The summed E-state index contributed by atoms with van der Waals surface area (Å²) in [5, 5.41) is 16.7. The molecule has 3 fully saturated rings. The van der Waals surface area contributed by atoms with Crippen LogP contribution in [0.1, 0.15) is 45.1 Å². The molecule has 0 radical (unpaired) electrons. The first kappa shape index (κ1) is 26.8. The molecule has 0 aliphatic carbocycles. The van der Waals surface area contributed by atoms with Crippen LogP contribution >= 0.6 is 11.8 Å². The average Bonchev–Trinajstić information content (AvgIpc) is 3.56. The lowest BCUT2D eigenvalue weighted by Crippen LogP contribution is -2.58. The molecule has 3 heterocycles. The number of rotatable bonds is 10. The molecule has 0 saturated carbocycles. The van der Waals surface area contributed by atoms with Gasteiger partial charge in [-0.15, -0.1) is 11.8 Å². The van der Waals surface area contributed by atoms with E-state index in [2.05, 4.69) is 17.6 Å². The molecule has 2 aromatic rings. The molecule has 3 aliphatic rings. The summed E-state index contributed by atoms with van der Waals surface area (Å²) in [5.74, 6) is -1.66. The predicted molar refractivity (Wildman–Crippen MR) is 150 cm³/mol. The van der Waals surface area contributed by atoms with E-state index in [-0.39, 0.29) is 35.6 Å². The Morgan fingerprint density at radius 3 is 2.45 bits per heavy atom. The predicted octanol–water partition coefficient (Wildman–Crippen LogP) is 3.62. The van der Waals surface area contributed by atoms with Crippen molar-refractivity contribution in [1.29, 1.82) is 0 Å². The molecule has 3 amide bonds. The summed E-state index contributed by atoms with van der Waals surface area (Å²) in [5.41, 5.74) is 1.68. The summed E-state index contributed by atoms with van der Waals surface area (Å²) in [4.78, 5) is 43.5. The quantitative estimate of drug-likeness (QED) is 0.432. The molecule has 1 spiro atoms. The molecule has 2 bridgehead atoms. The molecular weight excluding hydrogens is 498 g/mol. The monoisotopic (exact) mass is 535 g/mol. The summed E-state index contributed by atoms with van der Waals surface area (Å²) < 4.78 is -0.680. The van der Waals surface area contributed by atoms with Crippen molar-refractivity contribution in [3.63, 3.8) is 0 Å². The Balaban J connectivity index is 1.50. The number of aliphatic hydroxyl groups excluding tert-OH is 1. The molecule has 202 valence electrons. The summed E-state index contributed by atoms with van der Waals surface area (Å²) in [7, 11) is 0. The zero-order chi connectivity index (χ0) is 26.9. The van der Waals surface area contributed by atoms with Gasteiger partial charge < -0.3 is 20.6 Å². The van der Waals surface area contributed by atoms with Crippen LogP contribution < -0.4 is 10.6 Å². The highest BCUT2D eigenvalue weighted by Crippen LogP contribution is 2.66. The molecule has 2 aromatic carbocycles. The summed E-state index contributed by atoms with van der Waals surface area (Å²) in [6, 6.07) is 17.7. The van der Waals surface area contributed by atoms with E-state index in [4.69, 9.17) is 0 Å². The number of anilines is 1. The van der Waals surface area contributed by atoms with Crippen LogP contribution in [0.3, 0.4) is 0 Å². The highest BCUT2D eigenvalue weighted by atomic mass is 32.2. The average molecular weight is 536 g/mol. The van der Waals surface area contributed by atoms with Gasteiger partial charge in [-0.05, 0) is 50.3 Å². The molecule has 5 rings (SSSR count). The van der Waals surface area contributed by atoms with E-state index >= 15 is 0 Å². The Morgan fingerprint density at radius 1 is 1.11 bits per heavy atom.